The van der Waals surface area contributed by atoms with Crippen LogP contribution in [0.4, 0.5) is 11.4 Å². The van der Waals surface area contributed by atoms with Crippen LogP contribution in [0.15, 0.2) is 30.5 Å². The van der Waals surface area contributed by atoms with Crippen molar-refractivity contribution in [3.63, 3.8) is 0 Å². The summed E-state index contributed by atoms with van der Waals surface area (Å²) in [6.45, 7) is 10.9. The third-order valence-corrected chi connectivity index (χ3v) is 6.52. The van der Waals surface area contributed by atoms with Gasteiger partial charge in [0.05, 0.1) is 36.7 Å². The Morgan fingerprint density at radius 2 is 1.77 bits per heavy atom. The minimum atomic E-state index is -1.04. The average Bonchev–Trinajstić information content (AvgIpc) is 3.32. The molecule has 0 N–H and O–H groups in total. The van der Waals surface area contributed by atoms with Crippen LogP contribution in [0.5, 0.6) is 23.0 Å². The molecule has 0 amide bonds. The lowest BCUT2D eigenvalue weighted by Gasteiger charge is -2.30. The Balaban J connectivity index is 2.01. The predicted octanol–water partition coefficient (Wildman–Crippen LogP) is 5.51. The molecule has 1 aliphatic heterocycles. The van der Waals surface area contributed by atoms with Crippen LogP contribution >= 0.6 is 0 Å². The van der Waals surface area contributed by atoms with E-state index in [1.165, 1.54) is 0 Å². The first-order chi connectivity index (χ1) is 16.7. The van der Waals surface area contributed by atoms with E-state index >= 15 is 0 Å². The van der Waals surface area contributed by atoms with Crippen molar-refractivity contribution in [1.29, 1.82) is 5.26 Å². The molecule has 0 saturated carbocycles. The maximum absolute atomic E-state index is 10.1. The Kier molecular flexibility index (Phi) is 6.79. The van der Waals surface area contributed by atoms with Gasteiger partial charge in [0, 0.05) is 23.2 Å². The highest BCUT2D eigenvalue weighted by molar-refractivity contribution is 6.48. The van der Waals surface area contributed by atoms with E-state index in [0.717, 1.165) is 22.4 Å². The number of pyridine rings is 1. The van der Waals surface area contributed by atoms with E-state index in [1.54, 1.807) is 26.5 Å². The first-order valence-electron chi connectivity index (χ1n) is 11.3. The average molecular weight is 493 g/mol. The van der Waals surface area contributed by atoms with Crippen molar-refractivity contribution in [3.8, 4) is 29.1 Å². The zero-order valence-electron chi connectivity index (χ0n) is 21.2. The van der Waals surface area contributed by atoms with Gasteiger partial charge in [-0.2, -0.15) is 5.26 Å². The highest BCUT2D eigenvalue weighted by Crippen LogP contribution is 2.50. The van der Waals surface area contributed by atoms with Crippen molar-refractivity contribution in [2.45, 2.75) is 39.3 Å². The summed E-state index contributed by atoms with van der Waals surface area (Å²) in [4.78, 5) is 6.48. The SMILES string of the molecule is COc1cc2ncc(C#N)c(N(CO[Si](C)C)c3ccc(C(C)(C)C)c4c3OCO4)c2cc1OC. The number of nitriles is 1. The molecule has 0 aliphatic carbocycles. The van der Waals surface area contributed by atoms with Gasteiger partial charge in [0.2, 0.25) is 15.8 Å². The van der Waals surface area contributed by atoms with E-state index in [2.05, 4.69) is 51.0 Å². The second-order valence-electron chi connectivity index (χ2n) is 9.41. The molecule has 0 spiro atoms. The van der Waals surface area contributed by atoms with E-state index in [1.807, 2.05) is 17.0 Å². The highest BCUT2D eigenvalue weighted by Gasteiger charge is 2.32. The van der Waals surface area contributed by atoms with Crippen molar-refractivity contribution < 1.29 is 23.4 Å². The Labute approximate surface area is 207 Å². The van der Waals surface area contributed by atoms with E-state index < -0.39 is 9.04 Å². The fraction of sp³-hybridized carbons (Fsp3) is 0.385. The van der Waals surface area contributed by atoms with Crippen LogP contribution in [0.25, 0.3) is 10.9 Å². The van der Waals surface area contributed by atoms with Gasteiger partial charge >= 0.3 is 0 Å². The number of hydrogen-bond donors (Lipinski definition) is 0. The zero-order chi connectivity index (χ0) is 25.3. The molecule has 1 radical (unpaired) electrons. The summed E-state index contributed by atoms with van der Waals surface area (Å²) in [5, 5.41) is 10.8. The second kappa shape index (κ2) is 9.64. The normalized spacial score (nSPS) is 12.7. The summed E-state index contributed by atoms with van der Waals surface area (Å²) >= 11 is 0. The van der Waals surface area contributed by atoms with Gasteiger partial charge in [-0.05, 0) is 30.6 Å². The van der Waals surface area contributed by atoms with Crippen molar-refractivity contribution >= 4 is 31.3 Å². The lowest BCUT2D eigenvalue weighted by atomic mass is 9.86. The van der Waals surface area contributed by atoms with Crippen molar-refractivity contribution in [2.24, 2.45) is 0 Å². The second-order valence-corrected chi connectivity index (χ2v) is 11.5. The standard InChI is InChI=1S/C26H30N3O5Si/c1-26(2,3)18-8-9-20(25-24(18)32-15-33-25)29(14-34-35(6)7)23-16(12-27)13-28-19-11-22(31-5)21(30-4)10-17(19)23/h8-11,13H,14-15H2,1-7H3. The molecule has 0 atom stereocenters. The van der Waals surface area contributed by atoms with Crippen molar-refractivity contribution in [1.82, 2.24) is 4.98 Å². The van der Waals surface area contributed by atoms with E-state index in [-0.39, 0.29) is 18.9 Å². The number of methoxy groups -OCH3 is 2. The Bertz CT molecular complexity index is 1300. The molecule has 2 heterocycles. The number of anilines is 2. The van der Waals surface area contributed by atoms with Crippen LogP contribution in [0.3, 0.4) is 0 Å². The van der Waals surface area contributed by atoms with E-state index in [4.69, 9.17) is 23.4 Å². The van der Waals surface area contributed by atoms with Gasteiger partial charge in [0.15, 0.2) is 23.0 Å². The van der Waals surface area contributed by atoms with Gasteiger partial charge < -0.3 is 28.3 Å². The summed E-state index contributed by atoms with van der Waals surface area (Å²) in [5.74, 6) is 2.46. The number of rotatable bonds is 7. The minimum Gasteiger partial charge on any atom is -0.493 e. The van der Waals surface area contributed by atoms with Crippen LogP contribution in [0, 0.1) is 11.3 Å². The molecule has 183 valence electrons. The van der Waals surface area contributed by atoms with E-state index in [9.17, 15) is 5.26 Å². The molecule has 3 aromatic rings. The fourth-order valence-electron chi connectivity index (χ4n) is 4.11. The Morgan fingerprint density at radius 3 is 2.40 bits per heavy atom. The number of fused-ring (bicyclic) bond motifs is 2. The Morgan fingerprint density at radius 1 is 1.09 bits per heavy atom. The van der Waals surface area contributed by atoms with Gasteiger partial charge in [-0.15, -0.1) is 0 Å². The number of nitrogens with zero attached hydrogens (tertiary/aromatic N) is 3. The third-order valence-electron chi connectivity index (χ3n) is 5.81. The number of aromatic nitrogens is 1. The summed E-state index contributed by atoms with van der Waals surface area (Å²) in [5.41, 5.74) is 3.40. The lowest BCUT2D eigenvalue weighted by Crippen LogP contribution is -2.26. The smallest absolute Gasteiger partial charge is 0.231 e. The summed E-state index contributed by atoms with van der Waals surface area (Å²) < 4.78 is 29.1. The van der Waals surface area contributed by atoms with Crippen LogP contribution in [-0.4, -0.2) is 41.8 Å². The maximum Gasteiger partial charge on any atom is 0.231 e. The van der Waals surface area contributed by atoms with Crippen LogP contribution < -0.4 is 23.8 Å². The molecule has 8 nitrogen and oxygen atoms in total. The quantitative estimate of drug-likeness (QED) is 0.315. The third kappa shape index (κ3) is 4.59. The number of ether oxygens (including phenoxy) is 4. The Hall–Kier alpha value is -3.48. The summed E-state index contributed by atoms with van der Waals surface area (Å²) in [6.07, 6.45) is 1.57. The maximum atomic E-state index is 10.1. The molecule has 0 saturated heterocycles. The van der Waals surface area contributed by atoms with Gasteiger partial charge in [0.1, 0.15) is 12.8 Å². The first kappa shape index (κ1) is 24.6. The van der Waals surface area contributed by atoms with Gasteiger partial charge in [-0.25, -0.2) is 0 Å². The fourth-order valence-corrected chi connectivity index (χ4v) is 4.50. The number of hydrogen-bond acceptors (Lipinski definition) is 8. The molecule has 2 aromatic carbocycles. The topological polar surface area (TPSA) is 86.1 Å². The molecule has 0 bridgehead atoms. The zero-order valence-corrected chi connectivity index (χ0v) is 22.2. The molecular weight excluding hydrogens is 462 g/mol. The molecule has 0 fully saturated rings. The summed E-state index contributed by atoms with van der Waals surface area (Å²) in [6, 6.07) is 10.0. The molecule has 35 heavy (non-hydrogen) atoms. The lowest BCUT2D eigenvalue weighted by molar-refractivity contribution is 0.172. The van der Waals surface area contributed by atoms with Crippen molar-refractivity contribution in [2.75, 3.05) is 32.6 Å². The van der Waals surface area contributed by atoms with Crippen LogP contribution in [0.2, 0.25) is 13.1 Å². The van der Waals surface area contributed by atoms with Crippen molar-refractivity contribution in [3.05, 3.63) is 41.6 Å². The molecular formula is C26H30N3O5Si. The summed E-state index contributed by atoms with van der Waals surface area (Å²) in [7, 11) is 2.12. The molecule has 0 unspecified atom stereocenters. The van der Waals surface area contributed by atoms with Crippen LogP contribution in [-0.2, 0) is 9.84 Å². The highest BCUT2D eigenvalue weighted by atomic mass is 28.3. The molecule has 1 aliphatic rings. The molecule has 9 heteroatoms. The molecule has 1 aromatic heterocycles. The minimum absolute atomic E-state index is 0.133. The first-order valence-corrected chi connectivity index (χ1v) is 13.7. The van der Waals surface area contributed by atoms with Crippen LogP contribution in [0.1, 0.15) is 31.9 Å². The predicted molar refractivity (Wildman–Crippen MR) is 136 cm³/mol. The van der Waals surface area contributed by atoms with Gasteiger partial charge in [-0.1, -0.05) is 26.8 Å². The van der Waals surface area contributed by atoms with Gasteiger partial charge in [-0.3, -0.25) is 4.98 Å². The largest absolute Gasteiger partial charge is 0.493 e. The van der Waals surface area contributed by atoms with E-state index in [0.29, 0.717) is 34.0 Å². The monoisotopic (exact) mass is 492 g/mol. The van der Waals surface area contributed by atoms with Gasteiger partial charge in [0.25, 0.3) is 0 Å². The molecule has 4 rings (SSSR count). The number of benzene rings is 2.